The molecule has 0 spiro atoms. The van der Waals surface area contributed by atoms with Crippen LogP contribution in [-0.2, 0) is 0 Å². The van der Waals surface area contributed by atoms with Crippen molar-refractivity contribution in [2.24, 2.45) is 0 Å². The van der Waals surface area contributed by atoms with Crippen LogP contribution in [0.5, 0.6) is 0 Å². The predicted molar refractivity (Wildman–Crippen MR) is 84.3 cm³/mol. The zero-order valence-electron chi connectivity index (χ0n) is 12.2. The van der Waals surface area contributed by atoms with Crippen molar-refractivity contribution in [2.75, 3.05) is 39.3 Å². The third kappa shape index (κ3) is 3.17. The molecular weight excluding hydrogens is 270 g/mol. The van der Waals surface area contributed by atoms with Gasteiger partial charge in [0.2, 0.25) is 0 Å². The van der Waals surface area contributed by atoms with Gasteiger partial charge in [-0.15, -0.1) is 0 Å². The fourth-order valence-electron chi connectivity index (χ4n) is 3.39. The first kappa shape index (κ1) is 14.3. The molecule has 2 atom stereocenters. The normalized spacial score (nSPS) is 26.8. The number of hydrogen-bond acceptors (Lipinski definition) is 3. The second-order valence-corrected chi connectivity index (χ2v) is 6.38. The largest absolute Gasteiger partial charge is 0.315 e. The van der Waals surface area contributed by atoms with Crippen LogP contribution >= 0.6 is 11.6 Å². The molecular formula is C16H24ClN3. The maximum Gasteiger partial charge on any atom is 0.0406 e. The average Bonchev–Trinajstić information content (AvgIpc) is 3.02. The molecule has 1 aromatic carbocycles. The Kier molecular flexibility index (Phi) is 4.61. The number of rotatable bonds is 3. The molecule has 0 bridgehead atoms. The minimum absolute atomic E-state index is 0.483. The van der Waals surface area contributed by atoms with E-state index >= 15 is 0 Å². The zero-order valence-corrected chi connectivity index (χ0v) is 12.9. The second-order valence-electron chi connectivity index (χ2n) is 5.95. The van der Waals surface area contributed by atoms with E-state index in [2.05, 4.69) is 34.2 Å². The molecule has 0 amide bonds. The highest BCUT2D eigenvalue weighted by Crippen LogP contribution is 2.24. The maximum absolute atomic E-state index is 5.97. The van der Waals surface area contributed by atoms with Crippen molar-refractivity contribution >= 4 is 11.6 Å². The summed E-state index contributed by atoms with van der Waals surface area (Å²) in [6.07, 6.45) is 1.31. The minimum Gasteiger partial charge on any atom is -0.315 e. The third-order valence-corrected chi connectivity index (χ3v) is 5.05. The lowest BCUT2D eigenvalue weighted by Gasteiger charge is -2.40. The highest BCUT2D eigenvalue weighted by molar-refractivity contribution is 6.30. The van der Waals surface area contributed by atoms with Crippen LogP contribution in [0.3, 0.4) is 0 Å². The fraction of sp³-hybridized carbons (Fsp3) is 0.625. The first-order chi connectivity index (χ1) is 9.74. The molecule has 3 nitrogen and oxygen atoms in total. The molecule has 2 saturated heterocycles. The summed E-state index contributed by atoms with van der Waals surface area (Å²) in [6.45, 7) is 9.39. The maximum atomic E-state index is 5.97. The van der Waals surface area contributed by atoms with Gasteiger partial charge in [0.25, 0.3) is 0 Å². The summed E-state index contributed by atoms with van der Waals surface area (Å²) >= 11 is 5.97. The molecule has 2 aliphatic heterocycles. The van der Waals surface area contributed by atoms with Crippen molar-refractivity contribution in [1.29, 1.82) is 0 Å². The molecule has 2 fully saturated rings. The molecule has 0 radical (unpaired) electrons. The summed E-state index contributed by atoms with van der Waals surface area (Å²) in [4.78, 5) is 5.24. The van der Waals surface area contributed by atoms with Gasteiger partial charge >= 0.3 is 0 Å². The number of benzene rings is 1. The Morgan fingerprint density at radius 3 is 2.45 bits per heavy atom. The van der Waals surface area contributed by atoms with Gasteiger partial charge in [-0.3, -0.25) is 9.80 Å². The predicted octanol–water partition coefficient (Wildman–Crippen LogP) is 2.38. The van der Waals surface area contributed by atoms with E-state index in [4.69, 9.17) is 11.6 Å². The molecule has 0 aromatic heterocycles. The van der Waals surface area contributed by atoms with Gasteiger partial charge < -0.3 is 5.32 Å². The lowest BCUT2D eigenvalue weighted by Crippen LogP contribution is -2.51. The Balaban J connectivity index is 1.55. The summed E-state index contributed by atoms with van der Waals surface area (Å²) in [5.74, 6) is 0. The van der Waals surface area contributed by atoms with E-state index in [-0.39, 0.29) is 0 Å². The van der Waals surface area contributed by atoms with Crippen LogP contribution in [0.25, 0.3) is 0 Å². The van der Waals surface area contributed by atoms with Gasteiger partial charge in [-0.1, -0.05) is 23.7 Å². The van der Waals surface area contributed by atoms with E-state index in [0.29, 0.717) is 6.04 Å². The van der Waals surface area contributed by atoms with Crippen LogP contribution in [0, 0.1) is 0 Å². The molecule has 3 rings (SSSR count). The standard InChI is InChI=1S/C16H24ClN3/c1-13(14-2-4-15(17)5-3-14)19-8-10-20(11-9-19)16-6-7-18-12-16/h2-5,13,16,18H,6-12H2,1H3. The second kappa shape index (κ2) is 6.44. The van der Waals surface area contributed by atoms with Gasteiger partial charge in [0.15, 0.2) is 0 Å². The Morgan fingerprint density at radius 1 is 1.15 bits per heavy atom. The molecule has 1 aromatic rings. The molecule has 2 heterocycles. The highest BCUT2D eigenvalue weighted by atomic mass is 35.5. The van der Waals surface area contributed by atoms with E-state index in [1.54, 1.807) is 0 Å². The quantitative estimate of drug-likeness (QED) is 0.923. The molecule has 2 unspecified atom stereocenters. The lowest BCUT2D eigenvalue weighted by atomic mass is 10.1. The van der Waals surface area contributed by atoms with Crippen molar-refractivity contribution in [3.05, 3.63) is 34.9 Å². The summed E-state index contributed by atoms with van der Waals surface area (Å²) in [5.41, 5.74) is 1.37. The van der Waals surface area contributed by atoms with Gasteiger partial charge in [-0.25, -0.2) is 0 Å². The first-order valence-corrected chi connectivity index (χ1v) is 8.06. The molecule has 110 valence electrons. The van der Waals surface area contributed by atoms with Gasteiger partial charge in [0, 0.05) is 49.8 Å². The number of piperazine rings is 1. The molecule has 0 aliphatic carbocycles. The van der Waals surface area contributed by atoms with Crippen molar-refractivity contribution < 1.29 is 0 Å². The van der Waals surface area contributed by atoms with E-state index in [0.717, 1.165) is 11.1 Å². The molecule has 2 aliphatic rings. The van der Waals surface area contributed by atoms with Gasteiger partial charge in [0.1, 0.15) is 0 Å². The van der Waals surface area contributed by atoms with Crippen LogP contribution in [0.15, 0.2) is 24.3 Å². The zero-order chi connectivity index (χ0) is 13.9. The van der Waals surface area contributed by atoms with Crippen LogP contribution in [-0.4, -0.2) is 55.1 Å². The van der Waals surface area contributed by atoms with Gasteiger partial charge in [-0.05, 0) is 37.6 Å². The average molecular weight is 294 g/mol. The fourth-order valence-corrected chi connectivity index (χ4v) is 3.52. The number of nitrogens with one attached hydrogen (secondary N) is 1. The van der Waals surface area contributed by atoms with Crippen molar-refractivity contribution in [3.63, 3.8) is 0 Å². The Bertz CT molecular complexity index is 420. The molecule has 20 heavy (non-hydrogen) atoms. The Hall–Kier alpha value is -0.610. The smallest absolute Gasteiger partial charge is 0.0406 e. The Morgan fingerprint density at radius 2 is 1.85 bits per heavy atom. The van der Waals surface area contributed by atoms with E-state index < -0.39 is 0 Å². The summed E-state index contributed by atoms with van der Waals surface area (Å²) < 4.78 is 0. The molecule has 0 saturated carbocycles. The Labute approximate surface area is 126 Å². The topological polar surface area (TPSA) is 18.5 Å². The van der Waals surface area contributed by atoms with Crippen LogP contribution < -0.4 is 5.32 Å². The summed E-state index contributed by atoms with van der Waals surface area (Å²) in [5, 5.41) is 4.29. The van der Waals surface area contributed by atoms with Crippen LogP contribution in [0.4, 0.5) is 0 Å². The highest BCUT2D eigenvalue weighted by Gasteiger charge is 2.27. The molecule has 1 N–H and O–H groups in total. The van der Waals surface area contributed by atoms with Gasteiger partial charge in [0.05, 0.1) is 0 Å². The SMILES string of the molecule is CC(c1ccc(Cl)cc1)N1CCN(C2CCNC2)CC1. The van der Waals surface area contributed by atoms with E-state index in [1.165, 1.54) is 51.3 Å². The summed E-state index contributed by atoms with van der Waals surface area (Å²) in [6, 6.07) is 9.54. The van der Waals surface area contributed by atoms with Crippen LogP contribution in [0.2, 0.25) is 5.02 Å². The van der Waals surface area contributed by atoms with Crippen molar-refractivity contribution in [1.82, 2.24) is 15.1 Å². The van der Waals surface area contributed by atoms with Crippen molar-refractivity contribution in [2.45, 2.75) is 25.4 Å². The van der Waals surface area contributed by atoms with E-state index in [9.17, 15) is 0 Å². The van der Waals surface area contributed by atoms with Crippen molar-refractivity contribution in [3.8, 4) is 0 Å². The first-order valence-electron chi connectivity index (χ1n) is 7.68. The van der Waals surface area contributed by atoms with E-state index in [1.807, 2.05) is 12.1 Å². The summed E-state index contributed by atoms with van der Waals surface area (Å²) in [7, 11) is 0. The van der Waals surface area contributed by atoms with Gasteiger partial charge in [-0.2, -0.15) is 0 Å². The lowest BCUT2D eigenvalue weighted by molar-refractivity contribution is 0.0787. The van der Waals surface area contributed by atoms with Crippen LogP contribution in [0.1, 0.15) is 24.9 Å². The minimum atomic E-state index is 0.483. The number of hydrogen-bond donors (Lipinski definition) is 1. The number of nitrogens with zero attached hydrogens (tertiary/aromatic N) is 2. The third-order valence-electron chi connectivity index (χ3n) is 4.80. The molecule has 4 heteroatoms. The number of halogens is 1. The monoisotopic (exact) mass is 293 g/mol.